The number of allylic oxidation sites excluding steroid dienone is 1. The molecular formula is C18H24ClN3S. The van der Waals surface area contributed by atoms with Crippen LogP contribution in [0.15, 0.2) is 35.4 Å². The summed E-state index contributed by atoms with van der Waals surface area (Å²) in [5.41, 5.74) is 9.11. The van der Waals surface area contributed by atoms with Gasteiger partial charge in [-0.25, -0.2) is 4.98 Å². The van der Waals surface area contributed by atoms with E-state index in [9.17, 15) is 0 Å². The second-order valence-corrected chi connectivity index (χ2v) is 7.07. The highest BCUT2D eigenvalue weighted by molar-refractivity contribution is 8.02. The zero-order valence-corrected chi connectivity index (χ0v) is 15.5. The number of nitrogens with zero attached hydrogens (tertiary/aromatic N) is 2. The summed E-state index contributed by atoms with van der Waals surface area (Å²) in [5, 5.41) is 0.744. The SMILES string of the molecule is CCCC/C(=C/N)SCc1nc(C)n(-c2ccc(Cl)cc2)c1C. The van der Waals surface area contributed by atoms with E-state index >= 15 is 0 Å². The topological polar surface area (TPSA) is 43.8 Å². The second kappa shape index (κ2) is 8.46. The van der Waals surface area contributed by atoms with Gasteiger partial charge in [-0.15, -0.1) is 11.8 Å². The van der Waals surface area contributed by atoms with Gasteiger partial charge in [0.1, 0.15) is 5.82 Å². The maximum Gasteiger partial charge on any atom is 0.110 e. The lowest BCUT2D eigenvalue weighted by atomic mass is 10.2. The summed E-state index contributed by atoms with van der Waals surface area (Å²) < 4.78 is 2.17. The largest absolute Gasteiger partial charge is 0.404 e. The normalized spacial score (nSPS) is 11.9. The van der Waals surface area contributed by atoms with E-state index in [2.05, 4.69) is 18.4 Å². The van der Waals surface area contributed by atoms with Crippen LogP contribution < -0.4 is 5.73 Å². The maximum absolute atomic E-state index is 5.98. The number of imidazole rings is 1. The van der Waals surface area contributed by atoms with Crippen molar-refractivity contribution in [3.63, 3.8) is 0 Å². The van der Waals surface area contributed by atoms with E-state index in [1.807, 2.05) is 31.2 Å². The average Bonchev–Trinajstić information content (AvgIpc) is 2.83. The Hall–Kier alpha value is -1.39. The molecule has 0 spiro atoms. The highest BCUT2D eigenvalue weighted by Crippen LogP contribution is 2.27. The fourth-order valence-corrected chi connectivity index (χ4v) is 3.63. The molecular weight excluding hydrogens is 326 g/mol. The number of hydrogen-bond donors (Lipinski definition) is 1. The summed E-state index contributed by atoms with van der Waals surface area (Å²) >= 11 is 7.77. The Morgan fingerprint density at radius 2 is 2.00 bits per heavy atom. The Bertz CT molecular complexity index is 674. The van der Waals surface area contributed by atoms with E-state index in [1.54, 1.807) is 18.0 Å². The van der Waals surface area contributed by atoms with Gasteiger partial charge in [0, 0.05) is 33.3 Å². The second-order valence-electron chi connectivity index (χ2n) is 5.53. The number of rotatable bonds is 7. The molecule has 2 aromatic rings. The fraction of sp³-hybridized carbons (Fsp3) is 0.389. The van der Waals surface area contributed by atoms with Crippen LogP contribution in [-0.4, -0.2) is 9.55 Å². The number of aromatic nitrogens is 2. The minimum Gasteiger partial charge on any atom is -0.404 e. The molecule has 1 aromatic carbocycles. The first-order chi connectivity index (χ1) is 11.1. The van der Waals surface area contributed by atoms with Gasteiger partial charge >= 0.3 is 0 Å². The van der Waals surface area contributed by atoms with E-state index in [0.717, 1.165) is 34.4 Å². The number of benzene rings is 1. The molecule has 0 atom stereocenters. The van der Waals surface area contributed by atoms with Gasteiger partial charge in [0.05, 0.1) is 5.69 Å². The van der Waals surface area contributed by atoms with Gasteiger partial charge in [-0.2, -0.15) is 0 Å². The molecule has 0 saturated carbocycles. The molecule has 0 radical (unpaired) electrons. The Labute approximate surface area is 147 Å². The Morgan fingerprint density at radius 3 is 2.61 bits per heavy atom. The lowest BCUT2D eigenvalue weighted by Crippen LogP contribution is -1.99. The van der Waals surface area contributed by atoms with Crippen molar-refractivity contribution in [2.24, 2.45) is 5.73 Å². The summed E-state index contributed by atoms with van der Waals surface area (Å²) in [6.07, 6.45) is 5.14. The third-order valence-electron chi connectivity index (χ3n) is 3.82. The van der Waals surface area contributed by atoms with Crippen molar-refractivity contribution in [3.05, 3.63) is 57.6 Å². The van der Waals surface area contributed by atoms with Crippen molar-refractivity contribution < 1.29 is 0 Å². The third-order valence-corrected chi connectivity index (χ3v) is 5.20. The lowest BCUT2D eigenvalue weighted by Gasteiger charge is -2.09. The predicted molar refractivity (Wildman–Crippen MR) is 101 cm³/mol. The first-order valence-corrected chi connectivity index (χ1v) is 9.27. The number of aryl methyl sites for hydroxylation is 1. The fourth-order valence-electron chi connectivity index (χ4n) is 2.52. The smallest absolute Gasteiger partial charge is 0.110 e. The molecule has 0 aliphatic heterocycles. The number of hydrogen-bond acceptors (Lipinski definition) is 3. The zero-order chi connectivity index (χ0) is 16.8. The lowest BCUT2D eigenvalue weighted by molar-refractivity contribution is 0.807. The number of unbranched alkanes of at least 4 members (excludes halogenated alkanes) is 1. The van der Waals surface area contributed by atoms with Crippen molar-refractivity contribution in [3.8, 4) is 5.69 Å². The Balaban J connectivity index is 2.16. The maximum atomic E-state index is 5.98. The van der Waals surface area contributed by atoms with Crippen LogP contribution >= 0.6 is 23.4 Å². The van der Waals surface area contributed by atoms with Gasteiger partial charge in [-0.05, 0) is 51.0 Å². The molecule has 1 aromatic heterocycles. The van der Waals surface area contributed by atoms with Gasteiger partial charge in [-0.3, -0.25) is 0 Å². The number of halogens is 1. The van der Waals surface area contributed by atoms with Gasteiger partial charge in [-0.1, -0.05) is 24.9 Å². The minimum atomic E-state index is 0.744. The van der Waals surface area contributed by atoms with E-state index in [0.29, 0.717) is 0 Å². The van der Waals surface area contributed by atoms with Gasteiger partial charge < -0.3 is 10.3 Å². The van der Waals surface area contributed by atoms with Crippen LogP contribution in [0.2, 0.25) is 5.02 Å². The van der Waals surface area contributed by atoms with Crippen LogP contribution in [0.4, 0.5) is 0 Å². The van der Waals surface area contributed by atoms with Crippen LogP contribution in [0.1, 0.15) is 43.4 Å². The van der Waals surface area contributed by atoms with E-state index in [4.69, 9.17) is 22.3 Å². The van der Waals surface area contributed by atoms with Crippen molar-refractivity contribution in [2.45, 2.75) is 45.8 Å². The molecule has 0 amide bonds. The monoisotopic (exact) mass is 349 g/mol. The molecule has 1 heterocycles. The molecule has 0 unspecified atom stereocenters. The van der Waals surface area contributed by atoms with Crippen LogP contribution in [0.25, 0.3) is 5.69 Å². The van der Waals surface area contributed by atoms with Crippen LogP contribution in [-0.2, 0) is 5.75 Å². The van der Waals surface area contributed by atoms with E-state index in [1.165, 1.54) is 23.4 Å². The van der Waals surface area contributed by atoms with E-state index in [-0.39, 0.29) is 0 Å². The number of thioether (sulfide) groups is 1. The number of nitrogens with two attached hydrogens (primary N) is 1. The van der Waals surface area contributed by atoms with Crippen molar-refractivity contribution in [1.82, 2.24) is 9.55 Å². The van der Waals surface area contributed by atoms with E-state index < -0.39 is 0 Å². The van der Waals surface area contributed by atoms with Gasteiger partial charge in [0.25, 0.3) is 0 Å². The molecule has 5 heteroatoms. The summed E-state index contributed by atoms with van der Waals surface area (Å²) in [5.74, 6) is 1.84. The summed E-state index contributed by atoms with van der Waals surface area (Å²) in [7, 11) is 0. The highest BCUT2D eigenvalue weighted by Gasteiger charge is 2.13. The molecule has 2 rings (SSSR count). The quantitative estimate of drug-likeness (QED) is 0.731. The molecule has 0 aliphatic rings. The molecule has 0 fully saturated rings. The predicted octanol–water partition coefficient (Wildman–Crippen LogP) is 5.37. The molecule has 0 saturated heterocycles. The molecule has 2 N–H and O–H groups in total. The summed E-state index contributed by atoms with van der Waals surface area (Å²) in [4.78, 5) is 5.98. The molecule has 124 valence electrons. The van der Waals surface area contributed by atoms with Gasteiger partial charge in [0.15, 0.2) is 0 Å². The zero-order valence-electron chi connectivity index (χ0n) is 14.0. The third kappa shape index (κ3) is 4.55. The summed E-state index contributed by atoms with van der Waals surface area (Å²) in [6.45, 7) is 6.34. The average molecular weight is 350 g/mol. The molecule has 0 bridgehead atoms. The Morgan fingerprint density at radius 1 is 1.30 bits per heavy atom. The van der Waals surface area contributed by atoms with Crippen molar-refractivity contribution >= 4 is 23.4 Å². The summed E-state index contributed by atoms with van der Waals surface area (Å²) in [6, 6.07) is 7.86. The molecule has 3 nitrogen and oxygen atoms in total. The van der Waals surface area contributed by atoms with Gasteiger partial charge in [0.2, 0.25) is 0 Å². The first-order valence-electron chi connectivity index (χ1n) is 7.91. The standard InChI is InChI=1S/C18H24ClN3S/c1-4-5-6-17(11-20)23-12-18-13(2)22(14(3)21-18)16-9-7-15(19)8-10-16/h7-11H,4-6,12,20H2,1-3H3/b17-11-. The first kappa shape index (κ1) is 18.0. The highest BCUT2D eigenvalue weighted by atomic mass is 35.5. The minimum absolute atomic E-state index is 0.744. The van der Waals surface area contributed by atoms with Crippen LogP contribution in [0, 0.1) is 13.8 Å². The van der Waals surface area contributed by atoms with Crippen molar-refractivity contribution in [1.29, 1.82) is 0 Å². The van der Waals surface area contributed by atoms with Crippen LogP contribution in [0.5, 0.6) is 0 Å². The van der Waals surface area contributed by atoms with Crippen molar-refractivity contribution in [2.75, 3.05) is 0 Å². The Kier molecular flexibility index (Phi) is 6.60. The molecule has 0 aliphatic carbocycles. The molecule has 23 heavy (non-hydrogen) atoms. The van der Waals surface area contributed by atoms with Crippen LogP contribution in [0.3, 0.4) is 0 Å².